The number of amides is 2. The number of carbonyl (C=O) groups excluding carboxylic acids is 2. The summed E-state index contributed by atoms with van der Waals surface area (Å²) >= 11 is 0. The fourth-order valence-corrected chi connectivity index (χ4v) is 4.34. The molecule has 2 heterocycles. The number of rotatable bonds is 6. The number of carbonyl (C=O) groups is 2. The summed E-state index contributed by atoms with van der Waals surface area (Å²) in [6.07, 6.45) is 1.52. The summed E-state index contributed by atoms with van der Waals surface area (Å²) in [5, 5.41) is 0. The van der Waals surface area contributed by atoms with Crippen molar-refractivity contribution < 1.29 is 18.0 Å². The lowest BCUT2D eigenvalue weighted by Crippen LogP contribution is -2.51. The van der Waals surface area contributed by atoms with E-state index in [1.165, 1.54) is 11.8 Å². The van der Waals surface area contributed by atoms with Crippen LogP contribution in [-0.2, 0) is 26.0 Å². The van der Waals surface area contributed by atoms with E-state index in [0.29, 0.717) is 45.8 Å². The van der Waals surface area contributed by atoms with Gasteiger partial charge in [-0.05, 0) is 12.5 Å². The highest BCUT2D eigenvalue weighted by molar-refractivity contribution is 7.90. The van der Waals surface area contributed by atoms with Gasteiger partial charge in [-0.3, -0.25) is 14.5 Å². The molecule has 1 unspecified atom stereocenters. The van der Waals surface area contributed by atoms with E-state index in [2.05, 4.69) is 4.90 Å². The van der Waals surface area contributed by atoms with Crippen LogP contribution in [0.3, 0.4) is 0 Å². The van der Waals surface area contributed by atoms with Gasteiger partial charge in [-0.15, -0.1) is 0 Å². The third-order valence-corrected chi connectivity index (χ3v) is 6.44. The van der Waals surface area contributed by atoms with Crippen LogP contribution in [-0.4, -0.2) is 86.2 Å². The van der Waals surface area contributed by atoms with Gasteiger partial charge >= 0.3 is 0 Å². The number of likely N-dealkylation sites (tertiary alicyclic amines) is 1. The minimum atomic E-state index is -2.97. The van der Waals surface area contributed by atoms with E-state index < -0.39 is 9.84 Å². The Morgan fingerprint density at radius 1 is 1.11 bits per heavy atom. The number of nitrogens with zero attached hydrogens (tertiary/aromatic N) is 3. The number of sulfone groups is 1. The van der Waals surface area contributed by atoms with Gasteiger partial charge in [0.1, 0.15) is 9.84 Å². The minimum absolute atomic E-state index is 0.0331. The molecule has 0 aliphatic carbocycles. The predicted molar refractivity (Wildman–Crippen MR) is 107 cm³/mol. The molecule has 7 nitrogen and oxygen atoms in total. The number of hydrogen-bond acceptors (Lipinski definition) is 5. The maximum Gasteiger partial charge on any atom is 0.228 e. The van der Waals surface area contributed by atoms with Gasteiger partial charge < -0.3 is 9.80 Å². The third-order valence-electron chi connectivity index (χ3n) is 5.52. The van der Waals surface area contributed by atoms with Crippen molar-refractivity contribution in [3.63, 3.8) is 0 Å². The van der Waals surface area contributed by atoms with E-state index in [0.717, 1.165) is 5.56 Å². The fourth-order valence-electron chi connectivity index (χ4n) is 3.75. The van der Waals surface area contributed by atoms with Gasteiger partial charge in [0.15, 0.2) is 0 Å². The molecule has 1 aromatic rings. The molecule has 2 amide bonds. The number of aryl methyl sites for hydroxylation is 1. The van der Waals surface area contributed by atoms with E-state index in [-0.39, 0.29) is 29.9 Å². The van der Waals surface area contributed by atoms with Crippen LogP contribution in [0.5, 0.6) is 0 Å². The molecule has 0 aromatic heterocycles. The Morgan fingerprint density at radius 2 is 1.75 bits per heavy atom. The lowest BCUT2D eigenvalue weighted by molar-refractivity contribution is -0.137. The second-order valence-corrected chi connectivity index (χ2v) is 10.2. The van der Waals surface area contributed by atoms with Crippen LogP contribution in [0.25, 0.3) is 0 Å². The molecule has 0 bridgehead atoms. The molecule has 0 spiro atoms. The SMILES string of the molecule is Cc1ccc(CN2CC(C(=O)N3CCN(CCS(C)(=O)=O)CC3)CC2=O)cc1. The average molecular weight is 408 g/mol. The first-order chi connectivity index (χ1) is 13.2. The minimum Gasteiger partial charge on any atom is -0.340 e. The van der Waals surface area contributed by atoms with Crippen molar-refractivity contribution in [3.8, 4) is 0 Å². The molecule has 2 aliphatic heterocycles. The van der Waals surface area contributed by atoms with E-state index in [9.17, 15) is 18.0 Å². The fraction of sp³-hybridized carbons (Fsp3) is 0.600. The highest BCUT2D eigenvalue weighted by Gasteiger charge is 2.37. The maximum absolute atomic E-state index is 12.8. The molecule has 154 valence electrons. The lowest BCUT2D eigenvalue weighted by atomic mass is 10.1. The zero-order chi connectivity index (χ0) is 20.3. The normalized spacial score (nSPS) is 21.4. The largest absolute Gasteiger partial charge is 0.340 e. The second-order valence-electron chi connectivity index (χ2n) is 7.96. The van der Waals surface area contributed by atoms with Crippen molar-refractivity contribution in [3.05, 3.63) is 35.4 Å². The van der Waals surface area contributed by atoms with Gasteiger partial charge in [0.05, 0.1) is 11.7 Å². The van der Waals surface area contributed by atoms with Crippen molar-refractivity contribution in [1.82, 2.24) is 14.7 Å². The first-order valence-electron chi connectivity index (χ1n) is 9.73. The number of piperazine rings is 1. The van der Waals surface area contributed by atoms with Gasteiger partial charge in [-0.25, -0.2) is 8.42 Å². The van der Waals surface area contributed by atoms with Crippen molar-refractivity contribution >= 4 is 21.7 Å². The molecule has 0 saturated carbocycles. The highest BCUT2D eigenvalue weighted by atomic mass is 32.2. The Balaban J connectivity index is 1.49. The molecule has 0 N–H and O–H groups in total. The summed E-state index contributed by atoms with van der Waals surface area (Å²) in [7, 11) is -2.97. The molecular weight excluding hydrogens is 378 g/mol. The average Bonchev–Trinajstić information content (AvgIpc) is 3.02. The quantitative estimate of drug-likeness (QED) is 0.688. The molecule has 28 heavy (non-hydrogen) atoms. The van der Waals surface area contributed by atoms with Crippen LogP contribution in [0, 0.1) is 12.8 Å². The molecule has 1 atom stereocenters. The van der Waals surface area contributed by atoms with Crippen LogP contribution in [0.1, 0.15) is 17.5 Å². The van der Waals surface area contributed by atoms with E-state index in [1.807, 2.05) is 36.1 Å². The van der Waals surface area contributed by atoms with Crippen molar-refractivity contribution in [2.45, 2.75) is 19.9 Å². The first-order valence-corrected chi connectivity index (χ1v) is 11.8. The Kier molecular flexibility index (Phi) is 6.40. The molecule has 2 aliphatic rings. The van der Waals surface area contributed by atoms with E-state index in [1.54, 1.807) is 4.90 Å². The van der Waals surface area contributed by atoms with Crippen LogP contribution < -0.4 is 0 Å². The molecule has 3 rings (SSSR count). The highest BCUT2D eigenvalue weighted by Crippen LogP contribution is 2.23. The third kappa shape index (κ3) is 5.54. The Bertz CT molecular complexity index is 814. The summed E-state index contributed by atoms with van der Waals surface area (Å²) < 4.78 is 22.6. The van der Waals surface area contributed by atoms with E-state index in [4.69, 9.17) is 0 Å². The molecule has 0 radical (unpaired) electrons. The number of hydrogen-bond donors (Lipinski definition) is 0. The lowest BCUT2D eigenvalue weighted by Gasteiger charge is -2.35. The summed E-state index contributed by atoms with van der Waals surface area (Å²) in [5.41, 5.74) is 2.26. The maximum atomic E-state index is 12.8. The Hall–Kier alpha value is -1.93. The molecule has 1 aromatic carbocycles. The summed E-state index contributed by atoms with van der Waals surface area (Å²) in [6, 6.07) is 8.10. The zero-order valence-corrected chi connectivity index (χ0v) is 17.5. The van der Waals surface area contributed by atoms with Gasteiger partial charge in [0.25, 0.3) is 0 Å². The summed E-state index contributed by atoms with van der Waals surface area (Å²) in [4.78, 5) is 30.9. The standard InChI is InChI=1S/C20H29N3O4S/c1-16-3-5-17(6-4-16)14-23-15-18(13-19(23)24)20(25)22-9-7-21(8-10-22)11-12-28(2,26)27/h3-6,18H,7-15H2,1-2H3. The molecule has 8 heteroatoms. The summed E-state index contributed by atoms with van der Waals surface area (Å²) in [6.45, 7) is 6.08. The van der Waals surface area contributed by atoms with Crippen LogP contribution >= 0.6 is 0 Å². The van der Waals surface area contributed by atoms with Crippen molar-refractivity contribution in [2.24, 2.45) is 5.92 Å². The van der Waals surface area contributed by atoms with Crippen molar-refractivity contribution in [1.29, 1.82) is 0 Å². The van der Waals surface area contributed by atoms with Gasteiger partial charge in [0, 0.05) is 58.5 Å². The Morgan fingerprint density at radius 3 is 2.36 bits per heavy atom. The van der Waals surface area contributed by atoms with Gasteiger partial charge in [0.2, 0.25) is 11.8 Å². The molecule has 2 saturated heterocycles. The van der Waals surface area contributed by atoms with Crippen LogP contribution in [0.4, 0.5) is 0 Å². The monoisotopic (exact) mass is 407 g/mol. The second kappa shape index (κ2) is 8.61. The number of benzene rings is 1. The van der Waals surface area contributed by atoms with Gasteiger partial charge in [-0.2, -0.15) is 0 Å². The predicted octanol–water partition coefficient (Wildman–Crippen LogP) is 0.532. The van der Waals surface area contributed by atoms with Crippen LogP contribution in [0.2, 0.25) is 0 Å². The topological polar surface area (TPSA) is 78.0 Å². The smallest absolute Gasteiger partial charge is 0.228 e. The first kappa shape index (κ1) is 20.8. The Labute approximate surface area is 167 Å². The van der Waals surface area contributed by atoms with Crippen molar-refractivity contribution in [2.75, 3.05) is 51.3 Å². The zero-order valence-electron chi connectivity index (χ0n) is 16.6. The molecule has 2 fully saturated rings. The molecular formula is C20H29N3O4S. The van der Waals surface area contributed by atoms with E-state index >= 15 is 0 Å². The van der Waals surface area contributed by atoms with Crippen LogP contribution in [0.15, 0.2) is 24.3 Å². The van der Waals surface area contributed by atoms with Gasteiger partial charge in [-0.1, -0.05) is 29.8 Å². The summed E-state index contributed by atoms with van der Waals surface area (Å²) in [5.74, 6) is -0.0553.